The molecule has 0 aliphatic carbocycles. The predicted octanol–water partition coefficient (Wildman–Crippen LogP) is 7.86. The second-order valence-corrected chi connectivity index (χ2v) is 10.8. The summed E-state index contributed by atoms with van der Waals surface area (Å²) in [7, 11) is -0.463. The van der Waals surface area contributed by atoms with E-state index in [0.717, 1.165) is 32.8 Å². The number of benzene rings is 5. The molecule has 3 nitrogen and oxygen atoms in total. The molecule has 0 atom stereocenters. The van der Waals surface area contributed by atoms with E-state index in [2.05, 4.69) is 107 Å². The fourth-order valence-corrected chi connectivity index (χ4v) is 5.44. The van der Waals surface area contributed by atoms with Gasteiger partial charge >= 0.3 is 7.12 Å². The van der Waals surface area contributed by atoms with E-state index >= 15 is 0 Å². The lowest BCUT2D eigenvalue weighted by molar-refractivity contribution is 0.00578. The maximum Gasteiger partial charge on any atom is 0.495 e. The normalized spacial score (nSPS) is 17.1. The van der Waals surface area contributed by atoms with Crippen molar-refractivity contribution in [1.29, 1.82) is 0 Å². The Morgan fingerprint density at radius 2 is 1.31 bits per heavy atom. The van der Waals surface area contributed by atoms with Gasteiger partial charge in [-0.3, -0.25) is 0 Å². The van der Waals surface area contributed by atoms with E-state index in [9.17, 15) is 0 Å². The Balaban J connectivity index is 1.53. The lowest BCUT2D eigenvalue weighted by atomic mass is 9.76. The summed E-state index contributed by atoms with van der Waals surface area (Å²) in [4.78, 5) is 0. The van der Waals surface area contributed by atoms with Crippen LogP contribution in [0.4, 0.5) is 0 Å². The van der Waals surface area contributed by atoms with Crippen LogP contribution < -0.4 is 5.46 Å². The van der Waals surface area contributed by atoms with Crippen molar-refractivity contribution in [3.05, 3.63) is 91.0 Å². The standard InChI is InChI=1S/C32H27BO3/c1-31(2)32(3,4)36-33(35-31)27-14-9-15-28-29(27)26-19-25(23-12-7-8-13-24(23)30(26)34-28)22-17-16-20-10-5-6-11-21(20)18-22/h5-19H,1-4H3. The van der Waals surface area contributed by atoms with Crippen molar-refractivity contribution >= 4 is 56.1 Å². The molecule has 1 saturated heterocycles. The molecule has 0 spiro atoms. The molecule has 0 amide bonds. The third-order valence-electron chi connectivity index (χ3n) is 8.10. The molecule has 176 valence electrons. The quantitative estimate of drug-likeness (QED) is 0.242. The molecule has 2 heterocycles. The first-order valence-corrected chi connectivity index (χ1v) is 12.5. The molecule has 0 saturated carbocycles. The van der Waals surface area contributed by atoms with E-state index in [1.54, 1.807) is 0 Å². The molecule has 1 fully saturated rings. The van der Waals surface area contributed by atoms with Gasteiger partial charge in [-0.05, 0) is 78.6 Å². The highest BCUT2D eigenvalue weighted by Crippen LogP contribution is 2.41. The van der Waals surface area contributed by atoms with Gasteiger partial charge in [0.1, 0.15) is 11.2 Å². The van der Waals surface area contributed by atoms with Gasteiger partial charge in [-0.15, -0.1) is 0 Å². The zero-order valence-electron chi connectivity index (χ0n) is 21.0. The smallest absolute Gasteiger partial charge is 0.455 e. The van der Waals surface area contributed by atoms with Gasteiger partial charge in [0.25, 0.3) is 0 Å². The number of hydrogen-bond acceptors (Lipinski definition) is 3. The molecule has 0 radical (unpaired) electrons. The minimum atomic E-state index is -0.463. The van der Waals surface area contributed by atoms with Crippen LogP contribution in [0.5, 0.6) is 0 Å². The van der Waals surface area contributed by atoms with Gasteiger partial charge in [-0.25, -0.2) is 0 Å². The summed E-state index contributed by atoms with van der Waals surface area (Å²) in [6.07, 6.45) is 0. The fraction of sp³-hybridized carbons (Fsp3) is 0.188. The van der Waals surface area contributed by atoms with Crippen LogP contribution in [-0.4, -0.2) is 18.3 Å². The Hall–Kier alpha value is -3.60. The van der Waals surface area contributed by atoms with E-state index in [0.29, 0.717) is 0 Å². The molecule has 1 aliphatic heterocycles. The molecule has 1 aliphatic rings. The minimum absolute atomic E-state index is 0.414. The lowest BCUT2D eigenvalue weighted by Gasteiger charge is -2.32. The van der Waals surface area contributed by atoms with Crippen molar-refractivity contribution in [2.75, 3.05) is 0 Å². The van der Waals surface area contributed by atoms with Crippen molar-refractivity contribution in [1.82, 2.24) is 0 Å². The van der Waals surface area contributed by atoms with E-state index in [4.69, 9.17) is 13.7 Å². The molecule has 5 aromatic carbocycles. The van der Waals surface area contributed by atoms with E-state index < -0.39 is 18.3 Å². The summed E-state index contributed by atoms with van der Waals surface area (Å²) in [5.41, 5.74) is 4.30. The Morgan fingerprint density at radius 3 is 2.08 bits per heavy atom. The largest absolute Gasteiger partial charge is 0.495 e. The van der Waals surface area contributed by atoms with Crippen molar-refractivity contribution in [2.24, 2.45) is 0 Å². The molecule has 7 rings (SSSR count). The third-order valence-corrected chi connectivity index (χ3v) is 8.10. The molecule has 4 heteroatoms. The molecule has 0 bridgehead atoms. The summed E-state index contributed by atoms with van der Waals surface area (Å²) in [5, 5.41) is 6.89. The summed E-state index contributed by atoms with van der Waals surface area (Å²) in [6.45, 7) is 8.36. The summed E-state index contributed by atoms with van der Waals surface area (Å²) in [6, 6.07) is 32.1. The molecular formula is C32H27BO3. The van der Waals surface area contributed by atoms with E-state index in [-0.39, 0.29) is 0 Å². The highest BCUT2D eigenvalue weighted by Gasteiger charge is 2.52. The van der Waals surface area contributed by atoms with Crippen LogP contribution in [0.1, 0.15) is 27.7 Å². The average Bonchev–Trinajstić information content (AvgIpc) is 3.36. The third kappa shape index (κ3) is 3.08. The SMILES string of the molecule is CC1(C)OB(c2cccc3oc4c5ccccc5c(-c5ccc6ccccc6c5)cc4c23)OC1(C)C. The number of rotatable bonds is 2. The minimum Gasteiger partial charge on any atom is -0.455 e. The van der Waals surface area contributed by atoms with Gasteiger partial charge < -0.3 is 13.7 Å². The molecule has 0 unspecified atom stereocenters. The second kappa shape index (κ2) is 7.46. The highest BCUT2D eigenvalue weighted by molar-refractivity contribution is 6.66. The van der Waals surface area contributed by atoms with Crippen molar-refractivity contribution in [2.45, 2.75) is 38.9 Å². The number of fused-ring (bicyclic) bond motifs is 6. The van der Waals surface area contributed by atoms with Gasteiger partial charge in [0.15, 0.2) is 0 Å². The van der Waals surface area contributed by atoms with Crippen LogP contribution in [0.3, 0.4) is 0 Å². The van der Waals surface area contributed by atoms with Crippen LogP contribution in [0.25, 0.3) is 54.6 Å². The molecule has 6 aromatic rings. The Morgan fingerprint density at radius 1 is 0.611 bits per heavy atom. The zero-order valence-corrected chi connectivity index (χ0v) is 21.0. The molecular weight excluding hydrogens is 443 g/mol. The van der Waals surface area contributed by atoms with Crippen LogP contribution in [-0.2, 0) is 9.31 Å². The van der Waals surface area contributed by atoms with E-state index in [1.165, 1.54) is 27.3 Å². The summed E-state index contributed by atoms with van der Waals surface area (Å²) in [5.74, 6) is 0. The summed E-state index contributed by atoms with van der Waals surface area (Å²) < 4.78 is 19.4. The molecule has 0 N–H and O–H groups in total. The highest BCUT2D eigenvalue weighted by atomic mass is 16.7. The first-order valence-electron chi connectivity index (χ1n) is 12.5. The average molecular weight is 470 g/mol. The predicted molar refractivity (Wildman–Crippen MR) is 150 cm³/mol. The van der Waals surface area contributed by atoms with Crippen LogP contribution in [0.2, 0.25) is 0 Å². The summed E-state index contributed by atoms with van der Waals surface area (Å²) >= 11 is 0. The maximum atomic E-state index is 6.52. The van der Waals surface area contributed by atoms with Gasteiger partial charge in [-0.2, -0.15) is 0 Å². The van der Waals surface area contributed by atoms with E-state index in [1.807, 2.05) is 12.1 Å². The first kappa shape index (κ1) is 21.7. The van der Waals surface area contributed by atoms with Crippen LogP contribution >= 0.6 is 0 Å². The van der Waals surface area contributed by atoms with Gasteiger partial charge in [0.05, 0.1) is 11.2 Å². The zero-order chi connectivity index (χ0) is 24.7. The van der Waals surface area contributed by atoms with Crippen LogP contribution in [0, 0.1) is 0 Å². The number of hydrogen-bond donors (Lipinski definition) is 0. The topological polar surface area (TPSA) is 31.6 Å². The Kier molecular flexibility index (Phi) is 4.49. The van der Waals surface area contributed by atoms with Gasteiger partial charge in [0, 0.05) is 16.2 Å². The molecule has 1 aromatic heterocycles. The number of furan rings is 1. The first-order chi connectivity index (χ1) is 17.3. The Bertz CT molecular complexity index is 1800. The van der Waals surface area contributed by atoms with Gasteiger partial charge in [-0.1, -0.05) is 72.8 Å². The fourth-order valence-electron chi connectivity index (χ4n) is 5.44. The molecule has 36 heavy (non-hydrogen) atoms. The maximum absolute atomic E-state index is 6.52. The van der Waals surface area contributed by atoms with Crippen molar-refractivity contribution in [3.63, 3.8) is 0 Å². The van der Waals surface area contributed by atoms with Crippen molar-refractivity contribution < 1.29 is 13.7 Å². The van der Waals surface area contributed by atoms with Gasteiger partial charge in [0.2, 0.25) is 0 Å². The van der Waals surface area contributed by atoms with Crippen molar-refractivity contribution in [3.8, 4) is 11.1 Å². The second-order valence-electron chi connectivity index (χ2n) is 10.8. The lowest BCUT2D eigenvalue weighted by Crippen LogP contribution is -2.41. The van der Waals surface area contributed by atoms with Crippen LogP contribution in [0.15, 0.2) is 95.4 Å². The monoisotopic (exact) mass is 470 g/mol. The Labute approximate surface area is 210 Å².